The lowest BCUT2D eigenvalue weighted by atomic mass is 10.3. The van der Waals surface area contributed by atoms with Gasteiger partial charge in [0, 0.05) is 37.2 Å². The van der Waals surface area contributed by atoms with Gasteiger partial charge < -0.3 is 10.1 Å². The predicted octanol–water partition coefficient (Wildman–Crippen LogP) is 1.28. The van der Waals surface area contributed by atoms with Crippen molar-refractivity contribution < 1.29 is 24.3 Å². The minimum absolute atomic E-state index is 0.0507. The Bertz CT molecular complexity index is 701. The van der Waals surface area contributed by atoms with Gasteiger partial charge in [-0.15, -0.1) is 11.3 Å². The lowest BCUT2D eigenvalue weighted by Gasteiger charge is -2.05. The Kier molecular flexibility index (Phi) is 10.3. The van der Waals surface area contributed by atoms with Crippen LogP contribution in [0.15, 0.2) is 22.0 Å². The van der Waals surface area contributed by atoms with E-state index in [9.17, 15) is 14.4 Å². The summed E-state index contributed by atoms with van der Waals surface area (Å²) in [5, 5.41) is 15.5. The van der Waals surface area contributed by atoms with E-state index in [1.807, 2.05) is 6.92 Å². The predicted molar refractivity (Wildman–Crippen MR) is 101 cm³/mol. The van der Waals surface area contributed by atoms with Gasteiger partial charge in [-0.2, -0.15) is 0 Å². The van der Waals surface area contributed by atoms with Crippen molar-refractivity contribution in [3.8, 4) is 0 Å². The summed E-state index contributed by atoms with van der Waals surface area (Å²) in [4.78, 5) is 42.4. The molecule has 0 aliphatic rings. The molecule has 1 aromatic rings. The number of hydrogen-bond acceptors (Lipinski definition) is 8. The molecule has 0 spiro atoms. The summed E-state index contributed by atoms with van der Waals surface area (Å²) in [6.07, 6.45) is 3.31. The van der Waals surface area contributed by atoms with Gasteiger partial charge in [0.1, 0.15) is 6.61 Å². The maximum Gasteiger partial charge on any atom is 0.413 e. The average Bonchev–Trinajstić information content (AvgIpc) is 3.08. The highest BCUT2D eigenvalue weighted by atomic mass is 32.1. The van der Waals surface area contributed by atoms with E-state index in [0.29, 0.717) is 23.8 Å². The van der Waals surface area contributed by atoms with Gasteiger partial charge in [-0.25, -0.2) is 15.3 Å². The first kappa shape index (κ1) is 22.3. The standard InChI is InChI=1S/C16H23N5O5S/c1-3-11(8-17-2)9-26-16(24)20-15-19-12(10-27-15)7-14(23)18-6-4-5-13(22)21-25/h3,8,10,25H,4-7,9H2,1-2H3,(H,18,23)(H,21,22)(H,19,20,24). The largest absolute Gasteiger partial charge is 0.444 e. The molecule has 0 aromatic carbocycles. The number of nitrogens with zero attached hydrogens (tertiary/aromatic N) is 2. The van der Waals surface area contributed by atoms with Crippen LogP contribution in [-0.2, 0) is 20.7 Å². The van der Waals surface area contributed by atoms with Crippen molar-refractivity contribution in [1.82, 2.24) is 15.8 Å². The zero-order chi connectivity index (χ0) is 20.1. The van der Waals surface area contributed by atoms with Crippen molar-refractivity contribution in [2.45, 2.75) is 26.2 Å². The summed E-state index contributed by atoms with van der Waals surface area (Å²) < 4.78 is 5.06. The number of aliphatic imine (C=N–C) groups is 1. The molecule has 10 nitrogen and oxygen atoms in total. The Labute approximate surface area is 160 Å². The van der Waals surface area contributed by atoms with Crippen LogP contribution >= 0.6 is 11.3 Å². The topological polar surface area (TPSA) is 142 Å². The number of hydroxylamine groups is 1. The lowest BCUT2D eigenvalue weighted by molar-refractivity contribution is -0.129. The van der Waals surface area contributed by atoms with Gasteiger partial charge in [-0.05, 0) is 13.3 Å². The van der Waals surface area contributed by atoms with Crippen molar-refractivity contribution in [1.29, 1.82) is 0 Å². The molecule has 1 rings (SSSR count). The van der Waals surface area contributed by atoms with Gasteiger partial charge in [-0.3, -0.25) is 25.1 Å². The molecule has 0 aliphatic heterocycles. The number of nitrogens with one attached hydrogen (secondary N) is 3. The number of anilines is 1. The average molecular weight is 397 g/mol. The highest BCUT2D eigenvalue weighted by Gasteiger charge is 2.11. The van der Waals surface area contributed by atoms with E-state index in [-0.39, 0.29) is 25.4 Å². The molecule has 148 valence electrons. The summed E-state index contributed by atoms with van der Waals surface area (Å²) in [6.45, 7) is 2.22. The number of allylic oxidation sites excluding steroid dienone is 1. The number of rotatable bonds is 10. The van der Waals surface area contributed by atoms with Crippen molar-refractivity contribution in [2.24, 2.45) is 4.99 Å². The Morgan fingerprint density at radius 1 is 1.37 bits per heavy atom. The van der Waals surface area contributed by atoms with E-state index in [1.54, 1.807) is 24.7 Å². The number of carbonyl (C=O) groups excluding carboxylic acids is 3. The molecule has 3 amide bonds. The highest BCUT2D eigenvalue weighted by Crippen LogP contribution is 2.16. The second-order valence-corrected chi connectivity index (χ2v) is 6.12. The van der Waals surface area contributed by atoms with E-state index in [0.717, 1.165) is 5.57 Å². The van der Waals surface area contributed by atoms with Crippen LogP contribution < -0.4 is 16.1 Å². The monoisotopic (exact) mass is 397 g/mol. The SMILES string of the molecule is CC=C(C=NC)COC(=O)Nc1nc(CC(=O)NCCCC(=O)NO)cs1. The lowest BCUT2D eigenvalue weighted by Crippen LogP contribution is -2.27. The third-order valence-electron chi connectivity index (χ3n) is 3.17. The fourth-order valence-corrected chi connectivity index (χ4v) is 2.53. The third kappa shape index (κ3) is 9.47. The summed E-state index contributed by atoms with van der Waals surface area (Å²) in [5.41, 5.74) is 2.79. The molecule has 0 bridgehead atoms. The molecule has 1 aromatic heterocycles. The number of hydrogen-bond donors (Lipinski definition) is 4. The van der Waals surface area contributed by atoms with Gasteiger partial charge in [0.15, 0.2) is 5.13 Å². The first-order chi connectivity index (χ1) is 13.0. The maximum absolute atomic E-state index is 11.8. The van der Waals surface area contributed by atoms with Crippen LogP contribution in [0.3, 0.4) is 0 Å². The quantitative estimate of drug-likeness (QED) is 0.203. The minimum Gasteiger partial charge on any atom is -0.444 e. The molecular formula is C16H23N5O5S. The van der Waals surface area contributed by atoms with Crippen molar-refractivity contribution in [2.75, 3.05) is 25.5 Å². The van der Waals surface area contributed by atoms with Crippen molar-refractivity contribution in [3.63, 3.8) is 0 Å². The van der Waals surface area contributed by atoms with Crippen LogP contribution in [0.2, 0.25) is 0 Å². The van der Waals surface area contributed by atoms with Gasteiger partial charge in [0.2, 0.25) is 11.8 Å². The smallest absolute Gasteiger partial charge is 0.413 e. The Morgan fingerprint density at radius 2 is 2.15 bits per heavy atom. The van der Waals surface area contributed by atoms with Gasteiger partial charge in [0.05, 0.1) is 12.1 Å². The molecule has 27 heavy (non-hydrogen) atoms. The van der Waals surface area contributed by atoms with Gasteiger partial charge >= 0.3 is 6.09 Å². The molecule has 0 saturated carbocycles. The Balaban J connectivity index is 2.34. The third-order valence-corrected chi connectivity index (χ3v) is 3.97. The molecule has 0 atom stereocenters. The zero-order valence-corrected chi connectivity index (χ0v) is 16.0. The molecule has 4 N–H and O–H groups in total. The summed E-state index contributed by atoms with van der Waals surface area (Å²) >= 11 is 1.18. The van der Waals surface area contributed by atoms with E-state index in [2.05, 4.69) is 20.6 Å². The van der Waals surface area contributed by atoms with Crippen LogP contribution in [0.25, 0.3) is 0 Å². The summed E-state index contributed by atoms with van der Waals surface area (Å²) in [7, 11) is 1.63. The van der Waals surface area contributed by atoms with Crippen LogP contribution in [0, 0.1) is 0 Å². The number of ether oxygens (including phenoxy) is 1. The van der Waals surface area contributed by atoms with Crippen LogP contribution in [0.5, 0.6) is 0 Å². The minimum atomic E-state index is -0.647. The van der Waals surface area contributed by atoms with Gasteiger partial charge in [0.25, 0.3) is 0 Å². The molecule has 0 unspecified atom stereocenters. The molecular weight excluding hydrogens is 374 g/mol. The molecule has 11 heteroatoms. The van der Waals surface area contributed by atoms with E-state index in [1.165, 1.54) is 16.8 Å². The summed E-state index contributed by atoms with van der Waals surface area (Å²) in [6, 6.07) is 0. The van der Waals surface area contributed by atoms with E-state index >= 15 is 0 Å². The number of thiazole rings is 1. The highest BCUT2D eigenvalue weighted by molar-refractivity contribution is 7.13. The van der Waals surface area contributed by atoms with Crippen molar-refractivity contribution >= 4 is 40.6 Å². The normalized spacial score (nSPS) is 11.3. The second kappa shape index (κ2) is 12.5. The first-order valence-electron chi connectivity index (χ1n) is 8.13. The van der Waals surface area contributed by atoms with Crippen LogP contribution in [0.4, 0.5) is 9.93 Å². The number of carbonyl (C=O) groups is 3. The second-order valence-electron chi connectivity index (χ2n) is 5.26. The van der Waals surface area contributed by atoms with Gasteiger partial charge in [-0.1, -0.05) is 6.08 Å². The van der Waals surface area contributed by atoms with Crippen LogP contribution in [0.1, 0.15) is 25.5 Å². The Hall–Kier alpha value is -2.79. The molecule has 0 radical (unpaired) electrons. The number of amides is 3. The molecule has 1 heterocycles. The fourth-order valence-electron chi connectivity index (χ4n) is 1.84. The summed E-state index contributed by atoms with van der Waals surface area (Å²) in [5.74, 6) is -0.759. The Morgan fingerprint density at radius 3 is 2.81 bits per heavy atom. The number of aromatic nitrogens is 1. The van der Waals surface area contributed by atoms with Crippen LogP contribution in [-0.4, -0.2) is 54.5 Å². The maximum atomic E-state index is 11.8. The van der Waals surface area contributed by atoms with E-state index < -0.39 is 12.0 Å². The molecule has 0 aliphatic carbocycles. The first-order valence-corrected chi connectivity index (χ1v) is 9.01. The molecule has 0 fully saturated rings. The fraction of sp³-hybridized carbons (Fsp3) is 0.438. The molecule has 0 saturated heterocycles. The zero-order valence-electron chi connectivity index (χ0n) is 15.2. The van der Waals surface area contributed by atoms with Crippen molar-refractivity contribution in [3.05, 3.63) is 22.7 Å². The van der Waals surface area contributed by atoms with E-state index in [4.69, 9.17) is 9.94 Å².